The number of carbonyl (C=O) groups is 1. The van der Waals surface area contributed by atoms with Crippen molar-refractivity contribution in [3.05, 3.63) is 11.1 Å². The first-order valence-corrected chi connectivity index (χ1v) is 5.86. The number of ether oxygens (including phenoxy) is 1. The number of aromatic nitrogens is 2. The molecule has 0 aliphatic heterocycles. The molecule has 0 amide bonds. The minimum atomic E-state index is -0.348. The molecule has 0 saturated heterocycles. The average Bonchev–Trinajstić information content (AvgIpc) is 2.68. The summed E-state index contributed by atoms with van der Waals surface area (Å²) in [4.78, 5) is 11.6. The molecule has 0 aliphatic carbocycles. The Balaban J connectivity index is 2.61. The highest BCUT2D eigenvalue weighted by atomic mass is 32.1. The lowest BCUT2D eigenvalue weighted by atomic mass is 9.86. The number of nitrogens with zero attached hydrogens (tertiary/aromatic N) is 2. The smallest absolute Gasteiger partial charge is 0.323 e. The molecule has 1 rings (SSSR count). The molecule has 0 spiro atoms. The van der Waals surface area contributed by atoms with Crippen LogP contribution in [0.15, 0.2) is 5.38 Å². The first kappa shape index (κ1) is 13.1. The van der Waals surface area contributed by atoms with Gasteiger partial charge in [0.1, 0.15) is 6.04 Å². The summed E-state index contributed by atoms with van der Waals surface area (Å²) in [5.41, 5.74) is 0.638. The summed E-state index contributed by atoms with van der Waals surface area (Å²) in [5.74, 6) is -0.254. The van der Waals surface area contributed by atoms with E-state index in [9.17, 15) is 4.79 Å². The summed E-state index contributed by atoms with van der Waals surface area (Å²) in [6.07, 6.45) is 0. The fraction of sp³-hybridized carbons (Fsp3) is 0.700. The number of hydrogen-bond acceptors (Lipinski definition) is 6. The molecule has 5 nitrogen and oxygen atoms in total. The Bertz CT molecular complexity index is 332. The largest absolute Gasteiger partial charge is 0.468 e. The summed E-state index contributed by atoms with van der Waals surface area (Å²) in [7, 11) is 1.40. The fourth-order valence-electron chi connectivity index (χ4n) is 1.33. The van der Waals surface area contributed by atoms with Crippen molar-refractivity contribution in [2.75, 3.05) is 7.11 Å². The quantitative estimate of drug-likeness (QED) is 0.805. The Kier molecular flexibility index (Phi) is 4.37. The van der Waals surface area contributed by atoms with Crippen molar-refractivity contribution in [3.63, 3.8) is 0 Å². The highest BCUT2D eigenvalue weighted by Gasteiger charge is 2.31. The number of nitrogens with one attached hydrogen (secondary N) is 1. The predicted octanol–water partition coefficient (Wildman–Crippen LogP) is 1.22. The third kappa shape index (κ3) is 3.53. The molecule has 0 fully saturated rings. The van der Waals surface area contributed by atoms with E-state index in [1.165, 1.54) is 18.6 Å². The highest BCUT2D eigenvalue weighted by Crippen LogP contribution is 2.20. The van der Waals surface area contributed by atoms with Gasteiger partial charge in [0.25, 0.3) is 0 Å². The molecule has 90 valence electrons. The predicted molar refractivity (Wildman–Crippen MR) is 62.0 cm³/mol. The van der Waals surface area contributed by atoms with E-state index in [2.05, 4.69) is 14.9 Å². The Morgan fingerprint density at radius 3 is 2.75 bits per heavy atom. The van der Waals surface area contributed by atoms with Crippen molar-refractivity contribution in [2.24, 2.45) is 5.41 Å². The number of esters is 1. The van der Waals surface area contributed by atoms with Gasteiger partial charge in [-0.1, -0.05) is 25.3 Å². The van der Waals surface area contributed by atoms with Crippen LogP contribution in [0.25, 0.3) is 0 Å². The zero-order valence-corrected chi connectivity index (χ0v) is 10.8. The second-order valence-corrected chi connectivity index (χ2v) is 5.21. The molecule has 0 unspecified atom stereocenters. The van der Waals surface area contributed by atoms with Crippen molar-refractivity contribution >= 4 is 17.5 Å². The molecule has 0 saturated carbocycles. The number of hydrogen-bond donors (Lipinski definition) is 1. The van der Waals surface area contributed by atoms with Gasteiger partial charge in [0.05, 0.1) is 12.8 Å². The minimum Gasteiger partial charge on any atom is -0.468 e. The molecule has 0 aromatic carbocycles. The van der Waals surface area contributed by atoms with Crippen LogP contribution in [-0.2, 0) is 16.1 Å². The lowest BCUT2D eigenvalue weighted by Crippen LogP contribution is -2.46. The van der Waals surface area contributed by atoms with E-state index >= 15 is 0 Å². The molecule has 1 aromatic rings. The minimum absolute atomic E-state index is 0.198. The van der Waals surface area contributed by atoms with Gasteiger partial charge in [0.2, 0.25) is 0 Å². The molecule has 0 bridgehead atoms. The SMILES string of the molecule is COC(=O)[C@H](NCc1csnn1)C(C)(C)C. The standard InChI is InChI=1S/C10H17N3O2S/c1-10(2,3)8(9(14)15-4)11-5-7-6-16-13-12-7/h6,8,11H,5H2,1-4H3/t8-/m0/s1. The van der Waals surface area contributed by atoms with Crippen LogP contribution < -0.4 is 5.32 Å². The maximum absolute atomic E-state index is 11.6. The van der Waals surface area contributed by atoms with E-state index in [1.807, 2.05) is 26.2 Å². The topological polar surface area (TPSA) is 64.1 Å². The third-order valence-corrected chi connectivity index (χ3v) is 2.75. The molecule has 6 heteroatoms. The summed E-state index contributed by atoms with van der Waals surface area (Å²) >= 11 is 1.30. The lowest BCUT2D eigenvalue weighted by molar-refractivity contribution is -0.146. The van der Waals surface area contributed by atoms with E-state index in [4.69, 9.17) is 4.74 Å². The van der Waals surface area contributed by atoms with Crippen LogP contribution in [0.5, 0.6) is 0 Å². The Hall–Kier alpha value is -1.01. The molecule has 16 heavy (non-hydrogen) atoms. The Morgan fingerprint density at radius 2 is 2.31 bits per heavy atom. The molecular formula is C10H17N3O2S. The van der Waals surface area contributed by atoms with Crippen molar-refractivity contribution in [3.8, 4) is 0 Å². The van der Waals surface area contributed by atoms with E-state index in [0.717, 1.165) is 5.69 Å². The van der Waals surface area contributed by atoms with Crippen molar-refractivity contribution < 1.29 is 9.53 Å². The van der Waals surface area contributed by atoms with E-state index in [-0.39, 0.29) is 17.4 Å². The molecule has 1 atom stereocenters. The van der Waals surface area contributed by atoms with Gasteiger partial charge in [-0.25, -0.2) is 0 Å². The van der Waals surface area contributed by atoms with Gasteiger partial charge in [0, 0.05) is 11.9 Å². The van der Waals surface area contributed by atoms with Gasteiger partial charge in [-0.2, -0.15) is 0 Å². The third-order valence-electron chi connectivity index (χ3n) is 2.20. The van der Waals surface area contributed by atoms with Crippen LogP contribution in [0.3, 0.4) is 0 Å². The van der Waals surface area contributed by atoms with E-state index < -0.39 is 0 Å². The summed E-state index contributed by atoms with van der Waals surface area (Å²) in [6, 6.07) is -0.348. The second-order valence-electron chi connectivity index (χ2n) is 4.60. The fourth-order valence-corrected chi connectivity index (χ4v) is 1.78. The zero-order chi connectivity index (χ0) is 12.2. The number of methoxy groups -OCH3 is 1. The van der Waals surface area contributed by atoms with Gasteiger partial charge in [0.15, 0.2) is 0 Å². The van der Waals surface area contributed by atoms with Gasteiger partial charge in [-0.05, 0) is 16.9 Å². The maximum atomic E-state index is 11.6. The Morgan fingerprint density at radius 1 is 1.62 bits per heavy atom. The van der Waals surface area contributed by atoms with Gasteiger partial charge in [-0.3, -0.25) is 10.1 Å². The average molecular weight is 243 g/mol. The van der Waals surface area contributed by atoms with E-state index in [0.29, 0.717) is 6.54 Å². The molecule has 1 aromatic heterocycles. The maximum Gasteiger partial charge on any atom is 0.323 e. The zero-order valence-electron chi connectivity index (χ0n) is 9.98. The number of rotatable bonds is 4. The summed E-state index contributed by atoms with van der Waals surface area (Å²) in [5, 5.41) is 8.90. The van der Waals surface area contributed by atoms with Crippen molar-refractivity contribution in [2.45, 2.75) is 33.4 Å². The number of carbonyl (C=O) groups excluding carboxylic acids is 1. The molecule has 0 aliphatic rings. The van der Waals surface area contributed by atoms with Crippen LogP contribution in [0.2, 0.25) is 0 Å². The molecular weight excluding hydrogens is 226 g/mol. The summed E-state index contributed by atoms with van der Waals surface area (Å²) < 4.78 is 8.54. The molecule has 1 N–H and O–H groups in total. The van der Waals surface area contributed by atoms with Crippen molar-refractivity contribution in [1.82, 2.24) is 14.9 Å². The van der Waals surface area contributed by atoms with Gasteiger partial charge in [-0.15, -0.1) is 5.10 Å². The highest BCUT2D eigenvalue weighted by molar-refractivity contribution is 7.03. The second kappa shape index (κ2) is 5.36. The van der Waals surface area contributed by atoms with Crippen LogP contribution in [0.1, 0.15) is 26.5 Å². The molecule has 1 heterocycles. The van der Waals surface area contributed by atoms with Crippen LogP contribution >= 0.6 is 11.5 Å². The lowest BCUT2D eigenvalue weighted by Gasteiger charge is -2.28. The first-order valence-electron chi connectivity index (χ1n) is 5.02. The van der Waals surface area contributed by atoms with Crippen LogP contribution in [0, 0.1) is 5.41 Å². The van der Waals surface area contributed by atoms with Crippen molar-refractivity contribution in [1.29, 1.82) is 0 Å². The summed E-state index contributed by atoms with van der Waals surface area (Å²) in [6.45, 7) is 6.48. The monoisotopic (exact) mass is 243 g/mol. The first-order chi connectivity index (χ1) is 7.45. The van der Waals surface area contributed by atoms with Gasteiger partial charge < -0.3 is 4.74 Å². The van der Waals surface area contributed by atoms with Crippen LogP contribution in [0.4, 0.5) is 0 Å². The van der Waals surface area contributed by atoms with Crippen LogP contribution in [-0.4, -0.2) is 28.7 Å². The Labute approximate surface area is 99.4 Å². The normalized spacial score (nSPS) is 13.5. The van der Waals surface area contributed by atoms with E-state index in [1.54, 1.807) is 0 Å². The van der Waals surface area contributed by atoms with Gasteiger partial charge >= 0.3 is 5.97 Å². The molecule has 0 radical (unpaired) electrons.